The summed E-state index contributed by atoms with van der Waals surface area (Å²) in [5, 5.41) is 2.75. The molecule has 5 rings (SSSR count). The van der Waals surface area contributed by atoms with Crippen LogP contribution in [0.4, 0.5) is 19.3 Å². The predicted octanol–water partition coefficient (Wildman–Crippen LogP) is 4.79. The molecule has 2 aliphatic rings. The van der Waals surface area contributed by atoms with E-state index in [1.165, 1.54) is 30.3 Å². The first kappa shape index (κ1) is 35.9. The van der Waals surface area contributed by atoms with E-state index < -0.39 is 29.2 Å². The second kappa shape index (κ2) is 16.4. The van der Waals surface area contributed by atoms with Gasteiger partial charge in [-0.2, -0.15) is 0 Å². The molecule has 2 saturated heterocycles. The number of benzene rings is 3. The van der Waals surface area contributed by atoms with Crippen molar-refractivity contribution in [1.29, 1.82) is 0 Å². The lowest BCUT2D eigenvalue weighted by molar-refractivity contribution is -0.120. The van der Waals surface area contributed by atoms with E-state index in [-0.39, 0.29) is 30.3 Å². The van der Waals surface area contributed by atoms with Gasteiger partial charge >= 0.3 is 6.09 Å². The van der Waals surface area contributed by atoms with Crippen LogP contribution >= 0.6 is 0 Å². The number of carbonyl (C=O) groups excluding carboxylic acids is 3. The van der Waals surface area contributed by atoms with Crippen LogP contribution in [0.3, 0.4) is 0 Å². The molecule has 1 unspecified atom stereocenters. The number of nitrogens with one attached hydrogen (secondary N) is 1. The molecule has 11 heteroatoms. The Balaban J connectivity index is 1.17. The van der Waals surface area contributed by atoms with Crippen molar-refractivity contribution in [1.82, 2.24) is 20.0 Å². The molecule has 49 heavy (non-hydrogen) atoms. The number of carbonyl (C=O) groups is 3. The standard InChI is InChI=1S/C38H47F2N5O4/c1-38(2,3)49-37(48)45-23-19-43(20-24-45)16-15-42-17-21-44(22-18-42)34-14-13-30(39)26-29(34)27-35(46)33(25-28-9-5-4-6-10-28)41-36(47)31-11-7-8-12-32(31)40/h4-14,26,33H,15-25,27H2,1-3H3,(H,41,47). The van der Waals surface area contributed by atoms with Gasteiger partial charge in [-0.1, -0.05) is 42.5 Å². The number of ether oxygens (including phenoxy) is 1. The maximum atomic E-state index is 14.6. The van der Waals surface area contributed by atoms with E-state index in [0.29, 0.717) is 18.7 Å². The largest absolute Gasteiger partial charge is 0.444 e. The van der Waals surface area contributed by atoms with Gasteiger partial charge in [0.15, 0.2) is 5.78 Å². The summed E-state index contributed by atoms with van der Waals surface area (Å²) in [7, 11) is 0. The number of anilines is 1. The molecule has 0 saturated carbocycles. The lowest BCUT2D eigenvalue weighted by Crippen LogP contribution is -2.53. The Morgan fingerprint density at radius 2 is 1.41 bits per heavy atom. The third kappa shape index (κ3) is 10.3. The molecule has 1 atom stereocenters. The molecule has 0 spiro atoms. The zero-order chi connectivity index (χ0) is 35.0. The Morgan fingerprint density at radius 3 is 2.04 bits per heavy atom. The van der Waals surface area contributed by atoms with Crippen molar-refractivity contribution in [2.45, 2.75) is 45.3 Å². The molecular weight excluding hydrogens is 628 g/mol. The average Bonchev–Trinajstić information content (AvgIpc) is 3.07. The van der Waals surface area contributed by atoms with Crippen LogP contribution < -0.4 is 10.2 Å². The van der Waals surface area contributed by atoms with Gasteiger partial charge in [-0.15, -0.1) is 0 Å². The van der Waals surface area contributed by atoms with Crippen LogP contribution in [0.15, 0.2) is 72.8 Å². The molecule has 3 aromatic carbocycles. The number of ketones is 1. The first-order valence-corrected chi connectivity index (χ1v) is 17.0. The average molecular weight is 676 g/mol. The van der Waals surface area contributed by atoms with Crippen LogP contribution in [0, 0.1) is 11.6 Å². The zero-order valence-corrected chi connectivity index (χ0v) is 28.7. The fourth-order valence-electron chi connectivity index (χ4n) is 6.27. The predicted molar refractivity (Wildman–Crippen MR) is 186 cm³/mol. The minimum atomic E-state index is -0.937. The van der Waals surface area contributed by atoms with Crippen LogP contribution in [0.5, 0.6) is 0 Å². The highest BCUT2D eigenvalue weighted by Crippen LogP contribution is 2.25. The van der Waals surface area contributed by atoms with Gasteiger partial charge < -0.3 is 19.9 Å². The molecule has 262 valence electrons. The van der Waals surface area contributed by atoms with Crippen LogP contribution in [0.25, 0.3) is 0 Å². The van der Waals surface area contributed by atoms with Gasteiger partial charge in [0.05, 0.1) is 11.6 Å². The Hall–Kier alpha value is -4.35. The molecule has 0 aliphatic carbocycles. The summed E-state index contributed by atoms with van der Waals surface area (Å²) in [6, 6.07) is 18.6. The van der Waals surface area contributed by atoms with Crippen molar-refractivity contribution in [3.8, 4) is 0 Å². The molecule has 2 aliphatic heterocycles. The maximum absolute atomic E-state index is 14.6. The zero-order valence-electron chi connectivity index (χ0n) is 28.7. The summed E-state index contributed by atoms with van der Waals surface area (Å²) in [6.45, 7) is 13.4. The summed E-state index contributed by atoms with van der Waals surface area (Å²) >= 11 is 0. The van der Waals surface area contributed by atoms with Gasteiger partial charge in [0.1, 0.15) is 17.2 Å². The van der Waals surface area contributed by atoms with Crippen molar-refractivity contribution < 1.29 is 27.9 Å². The third-order valence-corrected chi connectivity index (χ3v) is 8.97. The van der Waals surface area contributed by atoms with Gasteiger partial charge in [0.2, 0.25) is 0 Å². The SMILES string of the molecule is CC(C)(C)OC(=O)N1CCN(CCN2CCN(c3ccc(F)cc3CC(=O)C(Cc3ccccc3)NC(=O)c3ccccc3F)CC2)CC1. The van der Waals surface area contributed by atoms with Crippen LogP contribution in [-0.4, -0.2) is 110 Å². The minimum absolute atomic E-state index is 0.0857. The quantitative estimate of drug-likeness (QED) is 0.313. The Kier molecular flexibility index (Phi) is 12.0. The molecule has 9 nitrogen and oxygen atoms in total. The molecule has 3 aromatic rings. The van der Waals surface area contributed by atoms with Crippen LogP contribution in [0.2, 0.25) is 0 Å². The van der Waals surface area contributed by atoms with Gasteiger partial charge in [-0.05, 0) is 68.7 Å². The molecule has 0 radical (unpaired) electrons. The smallest absolute Gasteiger partial charge is 0.410 e. The van der Waals surface area contributed by atoms with Crippen molar-refractivity contribution >= 4 is 23.5 Å². The summed E-state index contributed by atoms with van der Waals surface area (Å²) in [5.74, 6) is -2.07. The number of hydrogen-bond donors (Lipinski definition) is 1. The lowest BCUT2D eigenvalue weighted by Gasteiger charge is -2.39. The van der Waals surface area contributed by atoms with Crippen LogP contribution in [0.1, 0.15) is 42.3 Å². The van der Waals surface area contributed by atoms with Gasteiger partial charge in [0, 0.05) is 77.6 Å². The number of hydrogen-bond acceptors (Lipinski definition) is 7. The third-order valence-electron chi connectivity index (χ3n) is 8.97. The molecular formula is C38H47F2N5O4. The summed E-state index contributed by atoms with van der Waals surface area (Å²) in [5.41, 5.74) is 1.55. The number of nitrogens with zero attached hydrogens (tertiary/aromatic N) is 4. The van der Waals surface area contributed by atoms with Gasteiger partial charge in [0.25, 0.3) is 5.91 Å². The van der Waals surface area contributed by atoms with E-state index >= 15 is 0 Å². The highest BCUT2D eigenvalue weighted by molar-refractivity contribution is 5.98. The van der Waals surface area contributed by atoms with Crippen LogP contribution in [-0.2, 0) is 22.4 Å². The van der Waals surface area contributed by atoms with E-state index in [4.69, 9.17) is 4.74 Å². The van der Waals surface area contributed by atoms with Gasteiger partial charge in [-0.3, -0.25) is 19.4 Å². The number of Topliss-reactive ketones (excluding diaryl/α,β-unsaturated/α-hetero) is 1. The lowest BCUT2D eigenvalue weighted by atomic mass is 9.96. The van der Waals surface area contributed by atoms with Crippen molar-refractivity contribution in [2.75, 3.05) is 70.3 Å². The normalized spacial score (nSPS) is 16.7. The Labute approximate surface area is 287 Å². The van der Waals surface area contributed by atoms with Crippen molar-refractivity contribution in [3.63, 3.8) is 0 Å². The summed E-state index contributed by atoms with van der Waals surface area (Å²) in [6.07, 6.45) is -0.124. The van der Waals surface area contributed by atoms with Gasteiger partial charge in [-0.25, -0.2) is 13.6 Å². The number of halogens is 2. The number of rotatable bonds is 11. The first-order valence-electron chi connectivity index (χ1n) is 17.0. The monoisotopic (exact) mass is 675 g/mol. The molecule has 1 N–H and O–H groups in total. The second-order valence-electron chi connectivity index (χ2n) is 13.7. The fourth-order valence-corrected chi connectivity index (χ4v) is 6.27. The van der Waals surface area contributed by atoms with Crippen molar-refractivity contribution in [3.05, 3.63) is 101 Å². The second-order valence-corrected chi connectivity index (χ2v) is 13.7. The maximum Gasteiger partial charge on any atom is 0.410 e. The molecule has 0 aromatic heterocycles. The summed E-state index contributed by atoms with van der Waals surface area (Å²) in [4.78, 5) is 48.0. The fraction of sp³-hybridized carbons (Fsp3) is 0.447. The highest BCUT2D eigenvalue weighted by atomic mass is 19.1. The van der Waals surface area contributed by atoms with E-state index in [1.807, 2.05) is 51.1 Å². The van der Waals surface area contributed by atoms with E-state index in [0.717, 1.165) is 63.6 Å². The van der Waals surface area contributed by atoms with Crippen molar-refractivity contribution in [2.24, 2.45) is 0 Å². The molecule has 2 fully saturated rings. The Morgan fingerprint density at radius 1 is 0.796 bits per heavy atom. The molecule has 2 amide bonds. The minimum Gasteiger partial charge on any atom is -0.444 e. The number of amides is 2. The molecule has 0 bridgehead atoms. The van der Waals surface area contributed by atoms with E-state index in [2.05, 4.69) is 20.0 Å². The summed E-state index contributed by atoms with van der Waals surface area (Å²) < 4.78 is 34.5. The molecule has 2 heterocycles. The van der Waals surface area contributed by atoms with E-state index in [9.17, 15) is 23.2 Å². The topological polar surface area (TPSA) is 85.4 Å². The first-order chi connectivity index (χ1) is 23.4. The Bertz CT molecular complexity index is 1580. The highest BCUT2D eigenvalue weighted by Gasteiger charge is 2.28. The van der Waals surface area contributed by atoms with E-state index in [1.54, 1.807) is 17.0 Å². The number of piperazine rings is 2.